The lowest BCUT2D eigenvalue weighted by molar-refractivity contribution is 0.580. The third kappa shape index (κ3) is 2.76. The summed E-state index contributed by atoms with van der Waals surface area (Å²) in [4.78, 5) is 17.1. The van der Waals surface area contributed by atoms with Gasteiger partial charge in [-0.2, -0.15) is 0 Å². The van der Waals surface area contributed by atoms with Crippen molar-refractivity contribution in [3.05, 3.63) is 57.5 Å². The van der Waals surface area contributed by atoms with Crippen LogP contribution in [0.3, 0.4) is 0 Å². The topological polar surface area (TPSA) is 34.9 Å². The second-order valence-electron chi connectivity index (χ2n) is 4.72. The molecule has 7 heteroatoms. The predicted octanol–water partition coefficient (Wildman–Crippen LogP) is 3.90. The summed E-state index contributed by atoms with van der Waals surface area (Å²) in [6.45, 7) is 0. The Bertz CT molecular complexity index is 871. The number of nitrogens with zero attached hydrogens (tertiary/aromatic N) is 2. The first-order chi connectivity index (χ1) is 10.6. The Morgan fingerprint density at radius 1 is 1.23 bits per heavy atom. The number of alkyl halides is 1. The average Bonchev–Trinajstić information content (AvgIpc) is 2.92. The number of fused-ring (bicyclic) bond motifs is 1. The van der Waals surface area contributed by atoms with E-state index in [0.717, 1.165) is 18.2 Å². The standard InChI is InChI=1S/C15H11ClF2N2OS/c16-4-1-2-13-19-12-3-5-22-14(12)15(21)20(13)11-7-9(17)6-10(18)8-11/h3,5-8H,1-2,4H2. The van der Waals surface area contributed by atoms with Crippen molar-refractivity contribution in [1.29, 1.82) is 0 Å². The first-order valence-corrected chi connectivity index (χ1v) is 8.03. The molecule has 3 nitrogen and oxygen atoms in total. The predicted molar refractivity (Wildman–Crippen MR) is 84.2 cm³/mol. The van der Waals surface area contributed by atoms with Gasteiger partial charge in [0.05, 0.1) is 11.2 Å². The monoisotopic (exact) mass is 340 g/mol. The number of hydrogen-bond donors (Lipinski definition) is 0. The molecule has 114 valence electrons. The zero-order valence-electron chi connectivity index (χ0n) is 11.4. The summed E-state index contributed by atoms with van der Waals surface area (Å²) in [5.74, 6) is -0.621. The van der Waals surface area contributed by atoms with Crippen molar-refractivity contribution >= 4 is 33.2 Å². The van der Waals surface area contributed by atoms with Gasteiger partial charge in [0.2, 0.25) is 0 Å². The molecule has 0 fully saturated rings. The number of halogens is 3. The largest absolute Gasteiger partial charge is 0.276 e. The quantitative estimate of drug-likeness (QED) is 0.675. The van der Waals surface area contributed by atoms with Crippen LogP contribution in [0, 0.1) is 11.6 Å². The molecule has 0 bridgehead atoms. The van der Waals surface area contributed by atoms with Gasteiger partial charge in [-0.25, -0.2) is 13.8 Å². The van der Waals surface area contributed by atoms with Crippen molar-refractivity contribution in [1.82, 2.24) is 9.55 Å². The number of benzene rings is 1. The van der Waals surface area contributed by atoms with E-state index in [1.54, 1.807) is 11.4 Å². The second-order valence-corrected chi connectivity index (χ2v) is 6.02. The van der Waals surface area contributed by atoms with E-state index < -0.39 is 11.6 Å². The molecule has 0 saturated carbocycles. The molecular formula is C15H11ClF2N2OS. The van der Waals surface area contributed by atoms with Gasteiger partial charge in [-0.05, 0) is 30.0 Å². The van der Waals surface area contributed by atoms with Gasteiger partial charge in [0.15, 0.2) is 0 Å². The van der Waals surface area contributed by atoms with Crippen LogP contribution < -0.4 is 5.56 Å². The second kappa shape index (κ2) is 6.14. The van der Waals surface area contributed by atoms with Crippen LogP contribution in [-0.2, 0) is 6.42 Å². The molecule has 0 atom stereocenters. The Balaban J connectivity index is 2.29. The first kappa shape index (κ1) is 15.1. The number of rotatable bonds is 4. The van der Waals surface area contributed by atoms with E-state index >= 15 is 0 Å². The van der Waals surface area contributed by atoms with E-state index in [-0.39, 0.29) is 11.2 Å². The van der Waals surface area contributed by atoms with Crippen molar-refractivity contribution in [2.45, 2.75) is 12.8 Å². The molecule has 3 rings (SSSR count). The van der Waals surface area contributed by atoms with Gasteiger partial charge in [0.1, 0.15) is 22.2 Å². The smallest absolute Gasteiger partial charge is 0.267 e. The lowest BCUT2D eigenvalue weighted by Gasteiger charge is -2.12. The van der Waals surface area contributed by atoms with Crippen LogP contribution in [-0.4, -0.2) is 15.4 Å². The maximum absolute atomic E-state index is 13.5. The highest BCUT2D eigenvalue weighted by atomic mass is 35.5. The van der Waals surface area contributed by atoms with E-state index in [1.165, 1.54) is 15.9 Å². The highest BCUT2D eigenvalue weighted by molar-refractivity contribution is 7.17. The lowest BCUT2D eigenvalue weighted by Crippen LogP contribution is -2.23. The maximum Gasteiger partial charge on any atom is 0.276 e. The average molecular weight is 341 g/mol. The Hall–Kier alpha value is -1.79. The van der Waals surface area contributed by atoms with Gasteiger partial charge in [-0.15, -0.1) is 22.9 Å². The first-order valence-electron chi connectivity index (χ1n) is 6.61. The normalized spacial score (nSPS) is 11.2. The number of hydrogen-bond acceptors (Lipinski definition) is 3. The highest BCUT2D eigenvalue weighted by Gasteiger charge is 2.15. The molecule has 22 heavy (non-hydrogen) atoms. The van der Waals surface area contributed by atoms with E-state index in [9.17, 15) is 13.6 Å². The summed E-state index contributed by atoms with van der Waals surface area (Å²) in [6, 6.07) is 4.76. The van der Waals surface area contributed by atoms with E-state index in [2.05, 4.69) is 4.98 Å². The zero-order chi connectivity index (χ0) is 15.7. The summed E-state index contributed by atoms with van der Waals surface area (Å²) >= 11 is 6.96. The van der Waals surface area contributed by atoms with Crippen LogP contribution in [0.1, 0.15) is 12.2 Å². The summed E-state index contributed by atoms with van der Waals surface area (Å²) < 4.78 is 28.7. The molecule has 0 N–H and O–H groups in total. The zero-order valence-corrected chi connectivity index (χ0v) is 12.9. The molecule has 0 saturated heterocycles. The summed E-state index contributed by atoms with van der Waals surface area (Å²) in [5.41, 5.74) is 0.400. The number of aryl methyl sites for hydroxylation is 1. The molecule has 2 aromatic heterocycles. The Kier molecular flexibility index (Phi) is 4.22. The molecule has 0 radical (unpaired) electrons. The van der Waals surface area contributed by atoms with Gasteiger partial charge in [0, 0.05) is 18.4 Å². The van der Waals surface area contributed by atoms with Crippen LogP contribution in [0.4, 0.5) is 8.78 Å². The van der Waals surface area contributed by atoms with Crippen LogP contribution in [0.25, 0.3) is 15.9 Å². The number of thiophene rings is 1. The molecule has 2 heterocycles. The molecule has 0 aliphatic carbocycles. The summed E-state index contributed by atoms with van der Waals surface area (Å²) in [6.07, 6.45) is 1.06. The molecule has 0 spiro atoms. The fourth-order valence-corrected chi connectivity index (χ4v) is 3.18. The fraction of sp³-hybridized carbons (Fsp3) is 0.200. The van der Waals surface area contributed by atoms with E-state index in [1.807, 2.05) is 0 Å². The molecule has 0 unspecified atom stereocenters. The molecule has 0 aliphatic rings. The third-order valence-corrected chi connectivity index (χ3v) is 4.35. The Morgan fingerprint density at radius 2 is 1.95 bits per heavy atom. The van der Waals surface area contributed by atoms with Crippen molar-refractivity contribution in [2.24, 2.45) is 0 Å². The van der Waals surface area contributed by atoms with Gasteiger partial charge in [0.25, 0.3) is 5.56 Å². The molecule has 0 aliphatic heterocycles. The minimum atomic E-state index is -0.739. The van der Waals surface area contributed by atoms with Crippen LogP contribution in [0.15, 0.2) is 34.4 Å². The van der Waals surface area contributed by atoms with Gasteiger partial charge in [-0.3, -0.25) is 9.36 Å². The molecule has 1 aromatic carbocycles. The van der Waals surface area contributed by atoms with E-state index in [0.29, 0.717) is 34.8 Å². The van der Waals surface area contributed by atoms with Gasteiger partial charge >= 0.3 is 0 Å². The molecule has 0 amide bonds. The SMILES string of the molecule is O=c1c2sccc2nc(CCCCl)n1-c1cc(F)cc(F)c1. The summed E-state index contributed by atoms with van der Waals surface area (Å²) in [5, 5.41) is 1.76. The minimum Gasteiger partial charge on any atom is -0.267 e. The van der Waals surface area contributed by atoms with Crippen molar-refractivity contribution < 1.29 is 8.78 Å². The van der Waals surface area contributed by atoms with Crippen molar-refractivity contribution in [3.8, 4) is 5.69 Å². The lowest BCUT2D eigenvalue weighted by atomic mass is 10.2. The van der Waals surface area contributed by atoms with Crippen LogP contribution >= 0.6 is 22.9 Å². The van der Waals surface area contributed by atoms with Gasteiger partial charge in [-0.1, -0.05) is 0 Å². The molecule has 3 aromatic rings. The summed E-state index contributed by atoms with van der Waals surface area (Å²) in [7, 11) is 0. The molecular weight excluding hydrogens is 330 g/mol. The third-order valence-electron chi connectivity index (χ3n) is 3.19. The fourth-order valence-electron chi connectivity index (χ4n) is 2.29. The minimum absolute atomic E-state index is 0.134. The van der Waals surface area contributed by atoms with Crippen molar-refractivity contribution in [2.75, 3.05) is 5.88 Å². The van der Waals surface area contributed by atoms with Crippen molar-refractivity contribution in [3.63, 3.8) is 0 Å². The van der Waals surface area contributed by atoms with Gasteiger partial charge < -0.3 is 0 Å². The highest BCUT2D eigenvalue weighted by Crippen LogP contribution is 2.19. The van der Waals surface area contributed by atoms with Crippen LogP contribution in [0.2, 0.25) is 0 Å². The van der Waals surface area contributed by atoms with Crippen LogP contribution in [0.5, 0.6) is 0 Å². The number of aromatic nitrogens is 2. The Morgan fingerprint density at radius 3 is 2.64 bits per heavy atom. The maximum atomic E-state index is 13.5. The Labute approximate surface area is 133 Å². The van der Waals surface area contributed by atoms with E-state index in [4.69, 9.17) is 11.6 Å².